The molecule has 1 aromatic rings. The predicted octanol–water partition coefficient (Wildman–Crippen LogP) is 1.70. The molecule has 0 aliphatic carbocycles. The van der Waals surface area contributed by atoms with Crippen LogP contribution >= 0.6 is 0 Å². The number of carbonyl (C=O) groups is 1. The summed E-state index contributed by atoms with van der Waals surface area (Å²) >= 11 is 0. The van der Waals surface area contributed by atoms with E-state index in [0.29, 0.717) is 12.2 Å². The minimum atomic E-state index is -0.761. The first-order valence-electron chi connectivity index (χ1n) is 5.25. The Bertz CT molecular complexity index is 417. The minimum Gasteiger partial charge on any atom is -0.497 e. The second kappa shape index (κ2) is 4.04. The summed E-state index contributed by atoms with van der Waals surface area (Å²) in [6, 6.07) is 5.60. The van der Waals surface area contributed by atoms with Crippen LogP contribution in [-0.2, 0) is 4.79 Å². The van der Waals surface area contributed by atoms with Crippen LogP contribution < -0.4 is 9.64 Å². The third-order valence-corrected chi connectivity index (χ3v) is 3.07. The summed E-state index contributed by atoms with van der Waals surface area (Å²) < 4.78 is 5.13. The first kappa shape index (κ1) is 10.8. The fourth-order valence-electron chi connectivity index (χ4n) is 2.14. The third kappa shape index (κ3) is 1.71. The van der Waals surface area contributed by atoms with Crippen molar-refractivity contribution in [1.29, 1.82) is 0 Å². The molecule has 1 unspecified atom stereocenters. The van der Waals surface area contributed by atoms with Crippen LogP contribution in [0.15, 0.2) is 18.2 Å². The van der Waals surface area contributed by atoms with Crippen LogP contribution in [0.3, 0.4) is 0 Å². The second-order valence-corrected chi connectivity index (χ2v) is 4.03. The fraction of sp³-hybridized carbons (Fsp3) is 0.417. The summed E-state index contributed by atoms with van der Waals surface area (Å²) in [5, 5.41) is 9.18. The van der Waals surface area contributed by atoms with Crippen LogP contribution in [0, 0.1) is 0 Å². The number of hydrogen-bond acceptors (Lipinski definition) is 3. The van der Waals surface area contributed by atoms with Crippen LogP contribution in [0.2, 0.25) is 0 Å². The van der Waals surface area contributed by atoms with Gasteiger partial charge in [0.05, 0.1) is 13.0 Å². The van der Waals surface area contributed by atoms with Gasteiger partial charge >= 0.3 is 5.97 Å². The van der Waals surface area contributed by atoms with E-state index in [9.17, 15) is 9.90 Å². The molecule has 0 spiro atoms. The minimum absolute atomic E-state index is 0.415. The molecule has 4 heteroatoms. The van der Waals surface area contributed by atoms with Gasteiger partial charge in [-0.1, -0.05) is 0 Å². The van der Waals surface area contributed by atoms with Crippen molar-refractivity contribution in [2.75, 3.05) is 25.6 Å². The largest absolute Gasteiger partial charge is 0.497 e. The molecule has 2 rings (SSSR count). The van der Waals surface area contributed by atoms with Gasteiger partial charge in [-0.25, -0.2) is 0 Å². The van der Waals surface area contributed by atoms with Crippen molar-refractivity contribution < 1.29 is 14.6 Å². The maximum absolute atomic E-state index is 11.2. The fourth-order valence-corrected chi connectivity index (χ4v) is 2.14. The normalized spacial score (nSPS) is 19.1. The highest BCUT2D eigenvalue weighted by Gasteiger charge is 2.28. The van der Waals surface area contributed by atoms with Crippen molar-refractivity contribution in [3.63, 3.8) is 0 Å². The van der Waals surface area contributed by atoms with Gasteiger partial charge in [0.25, 0.3) is 0 Å². The van der Waals surface area contributed by atoms with Gasteiger partial charge in [0.15, 0.2) is 0 Å². The molecule has 0 saturated heterocycles. The maximum Gasteiger partial charge on any atom is 0.311 e. The van der Waals surface area contributed by atoms with E-state index in [1.165, 1.54) is 0 Å². The SMILES string of the molecule is COc1ccc2c(c1)C(C(=O)O)CCN2C. The summed E-state index contributed by atoms with van der Waals surface area (Å²) in [7, 11) is 3.56. The van der Waals surface area contributed by atoms with E-state index in [-0.39, 0.29) is 0 Å². The zero-order valence-electron chi connectivity index (χ0n) is 9.43. The van der Waals surface area contributed by atoms with Gasteiger partial charge in [0.1, 0.15) is 5.75 Å². The summed E-state index contributed by atoms with van der Waals surface area (Å²) in [6.45, 7) is 0.774. The number of fused-ring (bicyclic) bond motifs is 1. The second-order valence-electron chi connectivity index (χ2n) is 4.03. The molecule has 86 valence electrons. The Morgan fingerprint density at radius 1 is 1.56 bits per heavy atom. The van der Waals surface area contributed by atoms with E-state index in [1.807, 2.05) is 25.2 Å². The first-order chi connectivity index (χ1) is 7.63. The summed E-state index contributed by atoms with van der Waals surface area (Å²) in [6.07, 6.45) is 0.645. The lowest BCUT2D eigenvalue weighted by Crippen LogP contribution is -2.30. The van der Waals surface area contributed by atoms with E-state index in [4.69, 9.17) is 4.74 Å². The molecular weight excluding hydrogens is 206 g/mol. The molecule has 1 heterocycles. The maximum atomic E-state index is 11.2. The number of anilines is 1. The number of hydrogen-bond donors (Lipinski definition) is 1. The zero-order valence-corrected chi connectivity index (χ0v) is 9.43. The van der Waals surface area contributed by atoms with Crippen LogP contribution in [0.5, 0.6) is 5.75 Å². The van der Waals surface area contributed by atoms with Crippen molar-refractivity contribution in [1.82, 2.24) is 0 Å². The number of benzene rings is 1. The van der Waals surface area contributed by atoms with Crippen molar-refractivity contribution in [3.8, 4) is 5.75 Å². The molecule has 0 fully saturated rings. The standard InChI is InChI=1S/C12H15NO3/c1-13-6-5-9(12(14)15)10-7-8(16-2)3-4-11(10)13/h3-4,7,9H,5-6H2,1-2H3,(H,14,15). The Hall–Kier alpha value is -1.71. The van der Waals surface area contributed by atoms with Gasteiger partial charge in [0.2, 0.25) is 0 Å². The number of methoxy groups -OCH3 is 1. The highest BCUT2D eigenvalue weighted by Crippen LogP contribution is 2.36. The number of ether oxygens (including phenoxy) is 1. The lowest BCUT2D eigenvalue weighted by atomic mass is 9.90. The van der Waals surface area contributed by atoms with E-state index in [0.717, 1.165) is 17.8 Å². The van der Waals surface area contributed by atoms with Gasteiger partial charge in [-0.2, -0.15) is 0 Å². The summed E-state index contributed by atoms with van der Waals surface area (Å²) in [4.78, 5) is 13.2. The zero-order chi connectivity index (χ0) is 11.7. The van der Waals surface area contributed by atoms with Gasteiger partial charge in [-0.15, -0.1) is 0 Å². The lowest BCUT2D eigenvalue weighted by molar-refractivity contribution is -0.139. The van der Waals surface area contributed by atoms with E-state index < -0.39 is 11.9 Å². The number of rotatable bonds is 2. The van der Waals surface area contributed by atoms with Gasteiger partial charge in [0, 0.05) is 19.3 Å². The molecule has 1 aliphatic heterocycles. The number of nitrogens with zero attached hydrogens (tertiary/aromatic N) is 1. The quantitative estimate of drug-likeness (QED) is 0.825. The summed E-state index contributed by atoms with van der Waals surface area (Å²) in [5.74, 6) is -0.468. The number of carboxylic acids is 1. The molecule has 1 atom stereocenters. The van der Waals surface area contributed by atoms with Crippen molar-refractivity contribution in [2.45, 2.75) is 12.3 Å². The average Bonchev–Trinajstić information content (AvgIpc) is 2.28. The third-order valence-electron chi connectivity index (χ3n) is 3.07. The van der Waals surface area contributed by atoms with Crippen LogP contribution in [0.25, 0.3) is 0 Å². The van der Waals surface area contributed by atoms with E-state index in [1.54, 1.807) is 7.11 Å². The molecule has 16 heavy (non-hydrogen) atoms. The lowest BCUT2D eigenvalue weighted by Gasteiger charge is -2.31. The van der Waals surface area contributed by atoms with Crippen molar-refractivity contribution in [2.24, 2.45) is 0 Å². The Morgan fingerprint density at radius 2 is 2.31 bits per heavy atom. The topological polar surface area (TPSA) is 49.8 Å². The van der Waals surface area contributed by atoms with Crippen LogP contribution in [-0.4, -0.2) is 31.8 Å². The summed E-state index contributed by atoms with van der Waals surface area (Å²) in [5.41, 5.74) is 1.83. The number of carboxylic acid groups (broad SMARTS) is 1. The first-order valence-corrected chi connectivity index (χ1v) is 5.25. The smallest absolute Gasteiger partial charge is 0.311 e. The Morgan fingerprint density at radius 3 is 2.94 bits per heavy atom. The number of aliphatic carboxylic acids is 1. The highest BCUT2D eigenvalue weighted by molar-refractivity contribution is 5.80. The van der Waals surface area contributed by atoms with Crippen LogP contribution in [0.1, 0.15) is 17.9 Å². The molecule has 4 nitrogen and oxygen atoms in total. The van der Waals surface area contributed by atoms with Crippen LogP contribution in [0.4, 0.5) is 5.69 Å². The van der Waals surface area contributed by atoms with E-state index >= 15 is 0 Å². The Labute approximate surface area is 94.4 Å². The average molecular weight is 221 g/mol. The van der Waals surface area contributed by atoms with Gasteiger partial charge in [-0.05, 0) is 30.2 Å². The Balaban J connectivity index is 2.49. The molecule has 0 bridgehead atoms. The molecular formula is C12H15NO3. The van der Waals surface area contributed by atoms with Gasteiger partial charge < -0.3 is 14.7 Å². The monoisotopic (exact) mass is 221 g/mol. The Kier molecular flexibility index (Phi) is 2.73. The highest BCUT2D eigenvalue weighted by atomic mass is 16.5. The predicted molar refractivity (Wildman–Crippen MR) is 61.3 cm³/mol. The van der Waals surface area contributed by atoms with E-state index in [2.05, 4.69) is 4.90 Å². The molecule has 1 aliphatic rings. The van der Waals surface area contributed by atoms with Crippen molar-refractivity contribution in [3.05, 3.63) is 23.8 Å². The molecule has 0 radical (unpaired) electrons. The molecule has 1 N–H and O–H groups in total. The van der Waals surface area contributed by atoms with Gasteiger partial charge in [-0.3, -0.25) is 4.79 Å². The molecule has 0 aromatic heterocycles. The molecule has 1 aromatic carbocycles. The van der Waals surface area contributed by atoms with Crippen molar-refractivity contribution >= 4 is 11.7 Å². The molecule has 0 amide bonds. The molecule has 0 saturated carbocycles.